The van der Waals surface area contributed by atoms with Crippen LogP contribution in [0.15, 0.2) is 41.8 Å². The number of benzene rings is 1. The zero-order valence-corrected chi connectivity index (χ0v) is 14.8. The van der Waals surface area contributed by atoms with Crippen LogP contribution in [0.4, 0.5) is 5.69 Å². The largest absolute Gasteiger partial charge is 0.347 e. The van der Waals surface area contributed by atoms with Gasteiger partial charge in [-0.05, 0) is 29.6 Å². The molecule has 1 aromatic carbocycles. The highest BCUT2D eigenvalue weighted by Crippen LogP contribution is 2.13. The molecule has 2 aromatic rings. The van der Waals surface area contributed by atoms with E-state index in [1.54, 1.807) is 38.2 Å². The number of thiophene rings is 1. The van der Waals surface area contributed by atoms with Crippen LogP contribution >= 0.6 is 11.3 Å². The molecule has 0 aliphatic rings. The van der Waals surface area contributed by atoms with Crippen LogP contribution in [-0.2, 0) is 9.59 Å². The zero-order chi connectivity index (χ0) is 17.6. The van der Waals surface area contributed by atoms with Gasteiger partial charge >= 0.3 is 0 Å². The van der Waals surface area contributed by atoms with Gasteiger partial charge in [0.1, 0.15) is 0 Å². The van der Waals surface area contributed by atoms with Crippen LogP contribution in [0.5, 0.6) is 0 Å². The Morgan fingerprint density at radius 3 is 2.58 bits per heavy atom. The smallest absolute Gasteiger partial charge is 0.243 e. The number of hydrogen-bond acceptors (Lipinski definition) is 3. The highest BCUT2D eigenvalue weighted by Gasteiger charge is 2.21. The summed E-state index contributed by atoms with van der Waals surface area (Å²) in [6, 6.07) is 11.2. The van der Waals surface area contributed by atoms with Crippen LogP contribution in [0, 0.1) is 17.3 Å². The Labute approximate surface area is 146 Å². The molecule has 124 valence electrons. The lowest BCUT2D eigenvalue weighted by Gasteiger charge is -2.17. The molecule has 0 bridgehead atoms. The molecule has 0 atom stereocenters. The number of rotatable bonds is 3. The number of carbonyl (C=O) groups is 2. The molecule has 1 aromatic heterocycles. The molecule has 2 rings (SSSR count). The Morgan fingerprint density at radius 1 is 1.12 bits per heavy atom. The van der Waals surface area contributed by atoms with Crippen molar-refractivity contribution in [1.82, 2.24) is 5.32 Å². The first-order valence-corrected chi connectivity index (χ1v) is 8.46. The Kier molecular flexibility index (Phi) is 5.78. The fourth-order valence-corrected chi connectivity index (χ4v) is 2.36. The van der Waals surface area contributed by atoms with E-state index in [2.05, 4.69) is 22.5 Å². The van der Waals surface area contributed by atoms with Gasteiger partial charge in [0.2, 0.25) is 11.8 Å². The SMILES string of the molecule is CC(C)(C)C(=O)NCC(=O)Nc1cccc(C#Cc2cccs2)c1. The standard InChI is InChI=1S/C19H20N2O2S/c1-19(2,3)18(23)20-13-17(22)21-15-7-4-6-14(12-15)9-10-16-8-5-11-24-16/h4-8,11-12H,13H2,1-3H3,(H,20,23)(H,21,22). The van der Waals surface area contributed by atoms with Crippen molar-refractivity contribution in [3.63, 3.8) is 0 Å². The van der Waals surface area contributed by atoms with Gasteiger partial charge in [-0.25, -0.2) is 0 Å². The van der Waals surface area contributed by atoms with Crippen molar-refractivity contribution in [3.05, 3.63) is 52.2 Å². The molecule has 0 unspecified atom stereocenters. The number of amides is 2. The number of anilines is 1. The lowest BCUT2D eigenvalue weighted by molar-refractivity contribution is -0.130. The molecule has 0 saturated heterocycles. The molecule has 0 aliphatic heterocycles. The lowest BCUT2D eigenvalue weighted by atomic mass is 9.96. The molecular formula is C19H20N2O2S. The van der Waals surface area contributed by atoms with E-state index < -0.39 is 5.41 Å². The van der Waals surface area contributed by atoms with Crippen molar-refractivity contribution in [2.24, 2.45) is 5.41 Å². The van der Waals surface area contributed by atoms with E-state index >= 15 is 0 Å². The third-order valence-corrected chi connectivity index (χ3v) is 3.87. The van der Waals surface area contributed by atoms with Crippen molar-refractivity contribution in [3.8, 4) is 11.8 Å². The summed E-state index contributed by atoms with van der Waals surface area (Å²) < 4.78 is 0. The second-order valence-electron chi connectivity index (χ2n) is 6.29. The van der Waals surface area contributed by atoms with Gasteiger partial charge in [-0.1, -0.05) is 44.7 Å². The minimum Gasteiger partial charge on any atom is -0.347 e. The lowest BCUT2D eigenvalue weighted by Crippen LogP contribution is -2.39. The monoisotopic (exact) mass is 340 g/mol. The first-order valence-electron chi connectivity index (χ1n) is 7.58. The number of carbonyl (C=O) groups excluding carboxylic acids is 2. The van der Waals surface area contributed by atoms with Crippen molar-refractivity contribution >= 4 is 28.8 Å². The minimum atomic E-state index is -0.516. The summed E-state index contributed by atoms with van der Waals surface area (Å²) >= 11 is 1.58. The summed E-state index contributed by atoms with van der Waals surface area (Å²) in [7, 11) is 0. The summed E-state index contributed by atoms with van der Waals surface area (Å²) in [6.45, 7) is 5.35. The van der Waals surface area contributed by atoms with E-state index in [9.17, 15) is 9.59 Å². The molecule has 0 fully saturated rings. The van der Waals surface area contributed by atoms with Gasteiger partial charge in [0.25, 0.3) is 0 Å². The van der Waals surface area contributed by atoms with E-state index in [1.165, 1.54) is 0 Å². The number of hydrogen-bond donors (Lipinski definition) is 2. The molecular weight excluding hydrogens is 320 g/mol. The van der Waals surface area contributed by atoms with Gasteiger partial charge in [-0.2, -0.15) is 0 Å². The van der Waals surface area contributed by atoms with E-state index in [-0.39, 0.29) is 18.4 Å². The fraction of sp³-hybridized carbons (Fsp3) is 0.263. The first-order chi connectivity index (χ1) is 11.3. The van der Waals surface area contributed by atoms with Gasteiger partial charge in [0, 0.05) is 16.7 Å². The maximum Gasteiger partial charge on any atom is 0.243 e. The highest BCUT2D eigenvalue weighted by atomic mass is 32.1. The molecule has 0 aliphatic carbocycles. The van der Waals surface area contributed by atoms with Gasteiger partial charge in [-0.3, -0.25) is 9.59 Å². The normalized spacial score (nSPS) is 10.5. The average molecular weight is 340 g/mol. The molecule has 5 heteroatoms. The first kappa shape index (κ1) is 17.8. The molecule has 24 heavy (non-hydrogen) atoms. The summed E-state index contributed by atoms with van der Waals surface area (Å²) in [5.41, 5.74) is 0.959. The van der Waals surface area contributed by atoms with Crippen LogP contribution < -0.4 is 10.6 Å². The van der Waals surface area contributed by atoms with Crippen molar-refractivity contribution in [2.45, 2.75) is 20.8 Å². The van der Waals surface area contributed by atoms with Crippen LogP contribution in [0.1, 0.15) is 31.2 Å². The molecule has 2 amide bonds. The Hall–Kier alpha value is -2.58. The Balaban J connectivity index is 1.94. The fourth-order valence-electron chi connectivity index (χ4n) is 1.79. The van der Waals surface area contributed by atoms with Crippen LogP contribution in [0.25, 0.3) is 0 Å². The van der Waals surface area contributed by atoms with E-state index in [4.69, 9.17) is 0 Å². The zero-order valence-electron chi connectivity index (χ0n) is 14.0. The van der Waals surface area contributed by atoms with Crippen LogP contribution in [0.3, 0.4) is 0 Å². The molecule has 0 spiro atoms. The molecule has 0 radical (unpaired) electrons. The predicted octanol–water partition coefficient (Wildman–Crippen LogP) is 3.25. The molecule has 0 saturated carbocycles. The Bertz CT molecular complexity index is 778. The second-order valence-corrected chi connectivity index (χ2v) is 7.24. The summed E-state index contributed by atoms with van der Waals surface area (Å²) in [5.74, 6) is 5.72. The third kappa shape index (κ3) is 5.56. The topological polar surface area (TPSA) is 58.2 Å². The van der Waals surface area contributed by atoms with Gasteiger partial charge < -0.3 is 10.6 Å². The van der Waals surface area contributed by atoms with Gasteiger partial charge in [0.05, 0.1) is 11.4 Å². The maximum atomic E-state index is 11.9. The van der Waals surface area contributed by atoms with Crippen molar-refractivity contribution < 1.29 is 9.59 Å². The van der Waals surface area contributed by atoms with E-state index in [1.807, 2.05) is 35.7 Å². The minimum absolute atomic E-state index is 0.0544. The van der Waals surface area contributed by atoms with Crippen molar-refractivity contribution in [2.75, 3.05) is 11.9 Å². The predicted molar refractivity (Wildman–Crippen MR) is 97.8 cm³/mol. The van der Waals surface area contributed by atoms with E-state index in [0.717, 1.165) is 10.4 Å². The second kappa shape index (κ2) is 7.80. The quantitative estimate of drug-likeness (QED) is 0.843. The highest BCUT2D eigenvalue weighted by molar-refractivity contribution is 7.10. The Morgan fingerprint density at radius 2 is 1.92 bits per heavy atom. The molecule has 1 heterocycles. The van der Waals surface area contributed by atoms with Gasteiger partial charge in [-0.15, -0.1) is 11.3 Å². The van der Waals surface area contributed by atoms with Crippen LogP contribution in [-0.4, -0.2) is 18.4 Å². The summed E-state index contributed by atoms with van der Waals surface area (Å²) in [5, 5.41) is 7.37. The molecule has 4 nitrogen and oxygen atoms in total. The summed E-state index contributed by atoms with van der Waals surface area (Å²) in [6.07, 6.45) is 0. The third-order valence-electron chi connectivity index (χ3n) is 3.09. The average Bonchev–Trinajstić information content (AvgIpc) is 3.03. The van der Waals surface area contributed by atoms with Gasteiger partial charge in [0.15, 0.2) is 0 Å². The molecule has 2 N–H and O–H groups in total. The maximum absolute atomic E-state index is 11.9. The van der Waals surface area contributed by atoms with Crippen molar-refractivity contribution in [1.29, 1.82) is 0 Å². The number of nitrogens with one attached hydrogen (secondary N) is 2. The van der Waals surface area contributed by atoms with E-state index in [0.29, 0.717) is 5.69 Å². The summed E-state index contributed by atoms with van der Waals surface area (Å²) in [4.78, 5) is 24.7. The van der Waals surface area contributed by atoms with Crippen LogP contribution in [0.2, 0.25) is 0 Å².